The van der Waals surface area contributed by atoms with Crippen LogP contribution in [0.15, 0.2) is 59.1 Å². The van der Waals surface area contributed by atoms with Gasteiger partial charge >= 0.3 is 5.97 Å². The topological polar surface area (TPSA) is 72.5 Å². The Hall–Kier alpha value is -1.70. The molecule has 0 saturated carbocycles. The third kappa shape index (κ3) is 5.46. The van der Waals surface area contributed by atoms with Gasteiger partial charge in [0.2, 0.25) is 10.9 Å². The summed E-state index contributed by atoms with van der Waals surface area (Å²) in [5, 5.41) is 0. The predicted octanol–water partition coefficient (Wildman–Crippen LogP) is 2.74. The van der Waals surface area contributed by atoms with E-state index < -0.39 is 22.8 Å². The van der Waals surface area contributed by atoms with Gasteiger partial charge < -0.3 is 4.84 Å². The van der Waals surface area contributed by atoms with Gasteiger partial charge in [-0.25, -0.2) is 13.2 Å². The van der Waals surface area contributed by atoms with E-state index in [0.717, 1.165) is 15.6 Å². The van der Waals surface area contributed by atoms with Gasteiger partial charge in [-0.15, -0.1) is 0 Å². The monoisotopic (exact) mass is 397 g/mol. The molecule has 0 amide bonds. The van der Waals surface area contributed by atoms with Crippen LogP contribution in [-0.2, 0) is 26.9 Å². The van der Waals surface area contributed by atoms with Crippen molar-refractivity contribution in [1.82, 2.24) is 4.89 Å². The summed E-state index contributed by atoms with van der Waals surface area (Å²) in [4.78, 5) is 18.5. The molecule has 2 aromatic rings. The molecule has 0 fully saturated rings. The van der Waals surface area contributed by atoms with Crippen molar-refractivity contribution in [3.63, 3.8) is 0 Å². The Morgan fingerprint density at radius 1 is 1.09 bits per heavy atom. The number of aryl methyl sites for hydroxylation is 1. The first-order valence-corrected chi connectivity index (χ1v) is 8.94. The number of halogens is 1. The number of hydrogen-bond donors (Lipinski definition) is 2. The Bertz CT molecular complexity index is 726. The van der Waals surface area contributed by atoms with Crippen LogP contribution in [0.1, 0.15) is 23.5 Å². The second-order valence-corrected chi connectivity index (χ2v) is 6.41. The van der Waals surface area contributed by atoms with Crippen molar-refractivity contribution >= 4 is 32.8 Å². The number of carbonyl (C=O) groups is 1. The van der Waals surface area contributed by atoms with E-state index in [9.17, 15) is 13.2 Å². The van der Waals surface area contributed by atoms with Crippen molar-refractivity contribution in [2.75, 3.05) is 0 Å². The Kier molecular flexibility index (Phi) is 6.76. The molecule has 1 atom stereocenters. The molecular weight excluding hydrogens is 382 g/mol. The third-order valence-corrected chi connectivity index (χ3v) is 4.38. The van der Waals surface area contributed by atoms with Gasteiger partial charge in [0, 0.05) is 4.47 Å². The van der Waals surface area contributed by atoms with Crippen LogP contribution in [0, 0.1) is 0 Å². The highest BCUT2D eigenvalue weighted by Gasteiger charge is 2.23. The number of benzene rings is 2. The van der Waals surface area contributed by atoms with E-state index in [1.165, 1.54) is 0 Å². The van der Waals surface area contributed by atoms with Gasteiger partial charge in [-0.2, -0.15) is 0 Å². The number of rotatable bonds is 7. The van der Waals surface area contributed by atoms with Gasteiger partial charge in [-0.05, 0) is 34.9 Å². The van der Waals surface area contributed by atoms with Crippen molar-refractivity contribution in [3.8, 4) is 0 Å². The molecule has 0 aliphatic carbocycles. The van der Waals surface area contributed by atoms with Gasteiger partial charge in [0.05, 0.1) is 5.92 Å². The molecule has 0 bridgehead atoms. The van der Waals surface area contributed by atoms with Crippen LogP contribution in [0.5, 0.6) is 0 Å². The lowest BCUT2D eigenvalue weighted by Crippen LogP contribution is -2.24. The molecule has 0 aliphatic rings. The molecule has 2 aromatic carbocycles. The Balaban J connectivity index is 2.13. The van der Waals surface area contributed by atoms with Crippen LogP contribution in [0.25, 0.3) is 0 Å². The molecule has 2 rings (SSSR count). The summed E-state index contributed by atoms with van der Waals surface area (Å²) in [6.45, 7) is 0. The van der Waals surface area contributed by atoms with Gasteiger partial charge in [-0.3, -0.25) is 0 Å². The normalized spacial score (nSPS) is 12.1. The molecule has 0 heterocycles. The average molecular weight is 398 g/mol. The zero-order valence-electron chi connectivity index (χ0n) is 12.1. The fraction of sp³-hybridized carbons (Fsp3) is 0.188. The minimum atomic E-state index is -2.99. The third-order valence-electron chi connectivity index (χ3n) is 3.37. The summed E-state index contributed by atoms with van der Waals surface area (Å²) in [5.41, 5.74) is 1.86. The fourth-order valence-electron chi connectivity index (χ4n) is 2.26. The summed E-state index contributed by atoms with van der Waals surface area (Å²) in [6.07, 6.45) is 1.16. The number of nitrogens with one attached hydrogen (secondary N) is 1. The molecule has 7 heteroatoms. The molecule has 1 N–H and O–H groups in total. The first-order chi connectivity index (χ1) is 11.1. The quantitative estimate of drug-likeness (QED) is 0.556. The first-order valence-electron chi connectivity index (χ1n) is 6.97. The minimum absolute atomic E-state index is 0.503. The van der Waals surface area contributed by atoms with E-state index in [1.807, 2.05) is 54.6 Å². The van der Waals surface area contributed by atoms with Gasteiger partial charge in [0.1, 0.15) is 0 Å². The van der Waals surface area contributed by atoms with Gasteiger partial charge in [0.25, 0.3) is 0 Å². The summed E-state index contributed by atoms with van der Waals surface area (Å²) < 4.78 is 22.0. The zero-order chi connectivity index (χ0) is 16.7. The summed E-state index contributed by atoms with van der Waals surface area (Å²) in [5.74, 6) is -1.17. The molecule has 122 valence electrons. The van der Waals surface area contributed by atoms with Crippen LogP contribution in [0.4, 0.5) is 0 Å². The lowest BCUT2D eigenvalue weighted by molar-refractivity contribution is -0.149. The lowest BCUT2D eigenvalue weighted by Gasteiger charge is -2.15. The predicted molar refractivity (Wildman–Crippen MR) is 91.2 cm³/mol. The number of hydrogen-bond acceptors (Lipinski definition) is 4. The number of carbonyl (C=O) groups excluding carboxylic acids is 1. The van der Waals surface area contributed by atoms with Crippen LogP contribution in [0.3, 0.4) is 0 Å². The van der Waals surface area contributed by atoms with Gasteiger partial charge in [0.15, 0.2) is 0 Å². The van der Waals surface area contributed by atoms with E-state index >= 15 is 0 Å². The Morgan fingerprint density at radius 2 is 1.74 bits per heavy atom. The van der Waals surface area contributed by atoms with Crippen LogP contribution in [0.2, 0.25) is 0 Å². The Labute approximate surface area is 144 Å². The average Bonchev–Trinajstić information content (AvgIpc) is 2.55. The largest absolute Gasteiger partial charge is 0.355 e. The number of thiol groups is 1. The van der Waals surface area contributed by atoms with E-state index in [1.54, 1.807) is 4.89 Å². The second-order valence-electron chi connectivity index (χ2n) is 4.86. The maximum atomic E-state index is 12.2. The van der Waals surface area contributed by atoms with Crippen molar-refractivity contribution in [2.24, 2.45) is 0 Å². The zero-order valence-corrected chi connectivity index (χ0v) is 14.6. The maximum absolute atomic E-state index is 12.2. The van der Waals surface area contributed by atoms with Crippen molar-refractivity contribution in [1.29, 1.82) is 0 Å². The summed E-state index contributed by atoms with van der Waals surface area (Å²) in [6, 6.07) is 16.9. The van der Waals surface area contributed by atoms with E-state index in [2.05, 4.69) is 20.8 Å². The molecule has 23 heavy (non-hydrogen) atoms. The van der Waals surface area contributed by atoms with Crippen LogP contribution < -0.4 is 4.89 Å². The molecule has 0 aliphatic heterocycles. The molecule has 0 aromatic heterocycles. The van der Waals surface area contributed by atoms with E-state index in [0.29, 0.717) is 12.8 Å². The molecule has 0 radical (unpaired) electrons. The van der Waals surface area contributed by atoms with E-state index in [4.69, 9.17) is 0 Å². The summed E-state index contributed by atoms with van der Waals surface area (Å²) >= 11 is 3.48. The van der Waals surface area contributed by atoms with Crippen molar-refractivity contribution in [2.45, 2.75) is 18.8 Å². The van der Waals surface area contributed by atoms with Crippen LogP contribution >= 0.6 is 15.9 Å². The maximum Gasteiger partial charge on any atom is 0.333 e. The molecule has 0 saturated heterocycles. The standard InChI is InChI=1S/C16H16BrNO4S/c17-15-9-5-4-8-13(15)10-11-14(12-6-2-1-3-7-12)16(19)22-18-23(20)21/h1-9,14,23H,10-11H2,(H,18,20,21). The van der Waals surface area contributed by atoms with Crippen molar-refractivity contribution in [3.05, 3.63) is 70.2 Å². The Morgan fingerprint density at radius 3 is 2.39 bits per heavy atom. The first kappa shape index (κ1) is 17.7. The molecular formula is C16H16BrNO4S. The van der Waals surface area contributed by atoms with E-state index in [-0.39, 0.29) is 0 Å². The highest BCUT2D eigenvalue weighted by Crippen LogP contribution is 2.25. The molecule has 0 spiro atoms. The SMILES string of the molecule is O=C(ON[SH](=O)=O)C(CCc1ccccc1Br)c1ccccc1. The fourth-order valence-corrected chi connectivity index (χ4v) is 2.91. The lowest BCUT2D eigenvalue weighted by atomic mass is 9.92. The van der Waals surface area contributed by atoms with Crippen molar-refractivity contribution < 1.29 is 18.0 Å². The highest BCUT2D eigenvalue weighted by atomic mass is 79.9. The van der Waals surface area contributed by atoms with Crippen LogP contribution in [-0.4, -0.2) is 14.4 Å². The molecule has 1 unspecified atom stereocenters. The summed E-state index contributed by atoms with van der Waals surface area (Å²) in [7, 11) is -2.99. The van der Waals surface area contributed by atoms with Gasteiger partial charge in [-0.1, -0.05) is 64.5 Å². The second kappa shape index (κ2) is 8.81. The smallest absolute Gasteiger partial charge is 0.333 e. The highest BCUT2D eigenvalue weighted by molar-refractivity contribution is 9.10. The minimum Gasteiger partial charge on any atom is -0.355 e. The molecule has 5 nitrogen and oxygen atoms in total.